The number of nitrogens with zero attached hydrogens (tertiary/aromatic N) is 3. The molecule has 0 aliphatic rings. The maximum atomic E-state index is 6.83. The Morgan fingerprint density at radius 1 is 0.400 bits per heavy atom. The first-order valence-corrected chi connectivity index (χ1v) is 11.8. The smallest absolute Gasteiger partial charge is 0.165 e. The van der Waals surface area contributed by atoms with E-state index in [1.165, 1.54) is 10.8 Å². The molecule has 4 heteroatoms. The third kappa shape index (κ3) is 4.30. The van der Waals surface area contributed by atoms with Gasteiger partial charge in [0.25, 0.3) is 0 Å². The van der Waals surface area contributed by atoms with E-state index in [0.29, 0.717) is 22.5 Å². The van der Waals surface area contributed by atoms with Crippen LogP contribution in [0.5, 0.6) is 0 Å². The van der Waals surface area contributed by atoms with Crippen LogP contribution in [0.4, 0.5) is 0 Å². The highest BCUT2D eigenvalue weighted by Gasteiger charge is 2.15. The number of benzene rings is 5. The molecule has 0 N–H and O–H groups in total. The highest BCUT2D eigenvalue weighted by molar-refractivity contribution is 6.33. The molecule has 0 amide bonds. The van der Waals surface area contributed by atoms with Gasteiger partial charge in [-0.05, 0) is 40.1 Å². The zero-order valence-corrected chi connectivity index (χ0v) is 19.5. The molecule has 6 aromatic rings. The predicted molar refractivity (Wildman–Crippen MR) is 144 cm³/mol. The van der Waals surface area contributed by atoms with Crippen molar-refractivity contribution in [3.63, 3.8) is 0 Å². The van der Waals surface area contributed by atoms with Gasteiger partial charge in [0.05, 0.1) is 5.02 Å². The van der Waals surface area contributed by atoms with Gasteiger partial charge in [0, 0.05) is 16.7 Å². The Hall–Kier alpha value is -4.34. The van der Waals surface area contributed by atoms with Crippen LogP contribution in [-0.4, -0.2) is 15.0 Å². The number of hydrogen-bond acceptors (Lipinski definition) is 3. The molecular formula is C31H20ClN3. The summed E-state index contributed by atoms with van der Waals surface area (Å²) in [5.74, 6) is 1.78. The van der Waals surface area contributed by atoms with E-state index in [1.807, 2.05) is 72.8 Å². The number of fused-ring (bicyclic) bond motifs is 1. The molecule has 0 unspecified atom stereocenters. The largest absolute Gasteiger partial charge is 0.208 e. The molecule has 0 saturated heterocycles. The van der Waals surface area contributed by atoms with Crippen LogP contribution < -0.4 is 0 Å². The number of aromatic nitrogens is 3. The first kappa shape index (κ1) is 21.2. The summed E-state index contributed by atoms with van der Waals surface area (Å²) in [4.78, 5) is 14.4. The summed E-state index contributed by atoms with van der Waals surface area (Å²) < 4.78 is 0. The van der Waals surface area contributed by atoms with Crippen molar-refractivity contribution in [3.05, 3.63) is 126 Å². The van der Waals surface area contributed by atoms with Gasteiger partial charge < -0.3 is 0 Å². The van der Waals surface area contributed by atoms with E-state index in [4.69, 9.17) is 26.6 Å². The molecule has 0 aliphatic heterocycles. The van der Waals surface area contributed by atoms with Gasteiger partial charge in [-0.3, -0.25) is 0 Å². The van der Waals surface area contributed by atoms with E-state index < -0.39 is 0 Å². The second-order valence-electron chi connectivity index (χ2n) is 8.29. The minimum atomic E-state index is 0.549. The minimum Gasteiger partial charge on any atom is -0.208 e. The predicted octanol–water partition coefficient (Wildman–Crippen LogP) is 8.35. The second-order valence-corrected chi connectivity index (χ2v) is 8.70. The monoisotopic (exact) mass is 469 g/mol. The summed E-state index contributed by atoms with van der Waals surface area (Å²) >= 11 is 6.83. The maximum Gasteiger partial charge on any atom is 0.165 e. The Labute approximate surface area is 208 Å². The lowest BCUT2D eigenvalue weighted by Gasteiger charge is -2.11. The molecule has 0 fully saturated rings. The van der Waals surface area contributed by atoms with Gasteiger partial charge in [-0.25, -0.2) is 15.0 Å². The second kappa shape index (κ2) is 9.13. The average Bonchev–Trinajstić information content (AvgIpc) is 2.93. The normalized spacial score (nSPS) is 11.0. The Morgan fingerprint density at radius 3 is 1.54 bits per heavy atom. The molecular weight excluding hydrogens is 450 g/mol. The molecule has 6 rings (SSSR count). The van der Waals surface area contributed by atoms with E-state index in [9.17, 15) is 0 Å². The van der Waals surface area contributed by atoms with E-state index in [0.717, 1.165) is 27.8 Å². The maximum absolute atomic E-state index is 6.83. The van der Waals surface area contributed by atoms with Gasteiger partial charge >= 0.3 is 0 Å². The quantitative estimate of drug-likeness (QED) is 0.260. The minimum absolute atomic E-state index is 0.549. The van der Waals surface area contributed by atoms with Gasteiger partial charge in [0.1, 0.15) is 0 Å². The standard InChI is InChI=1S/C31H20ClN3/c32-28-20-26(25-16-15-21-9-7-8-14-24(21)19-25)17-18-27(28)31-34-29(22-10-3-1-4-11-22)33-30(35-31)23-12-5-2-6-13-23/h1-20H. The van der Waals surface area contributed by atoms with Crippen molar-refractivity contribution in [2.24, 2.45) is 0 Å². The molecule has 0 saturated carbocycles. The van der Waals surface area contributed by atoms with Crippen molar-refractivity contribution >= 4 is 22.4 Å². The molecule has 0 bridgehead atoms. The third-order valence-corrected chi connectivity index (χ3v) is 6.30. The van der Waals surface area contributed by atoms with Crippen molar-refractivity contribution in [2.75, 3.05) is 0 Å². The number of hydrogen-bond donors (Lipinski definition) is 0. The highest BCUT2D eigenvalue weighted by atomic mass is 35.5. The SMILES string of the molecule is Clc1cc(-c2ccc3ccccc3c2)ccc1-c1nc(-c2ccccc2)nc(-c2ccccc2)n1. The first-order chi connectivity index (χ1) is 17.2. The summed E-state index contributed by atoms with van der Waals surface area (Å²) in [5.41, 5.74) is 4.79. The van der Waals surface area contributed by atoms with Gasteiger partial charge in [-0.15, -0.1) is 0 Å². The zero-order valence-electron chi connectivity index (χ0n) is 18.8. The van der Waals surface area contributed by atoms with Crippen molar-refractivity contribution in [1.82, 2.24) is 15.0 Å². The van der Waals surface area contributed by atoms with E-state index >= 15 is 0 Å². The molecule has 1 heterocycles. The van der Waals surface area contributed by atoms with Crippen LogP contribution in [0.3, 0.4) is 0 Å². The fraction of sp³-hybridized carbons (Fsp3) is 0. The summed E-state index contributed by atoms with van der Waals surface area (Å²) in [6.45, 7) is 0. The molecule has 5 aromatic carbocycles. The summed E-state index contributed by atoms with van der Waals surface area (Å²) in [7, 11) is 0. The zero-order chi connectivity index (χ0) is 23.6. The average molecular weight is 470 g/mol. The topological polar surface area (TPSA) is 38.7 Å². The van der Waals surface area contributed by atoms with Crippen LogP contribution in [-0.2, 0) is 0 Å². The van der Waals surface area contributed by atoms with Crippen molar-refractivity contribution < 1.29 is 0 Å². The number of rotatable bonds is 4. The summed E-state index contributed by atoms with van der Waals surface area (Å²) in [6.07, 6.45) is 0. The van der Waals surface area contributed by atoms with Gasteiger partial charge in [0.2, 0.25) is 0 Å². The summed E-state index contributed by atoms with van der Waals surface area (Å²) in [6, 6.07) is 40.7. The molecule has 35 heavy (non-hydrogen) atoms. The first-order valence-electron chi connectivity index (χ1n) is 11.4. The molecule has 0 spiro atoms. The van der Waals surface area contributed by atoms with Crippen LogP contribution >= 0.6 is 11.6 Å². The Morgan fingerprint density at radius 2 is 0.914 bits per heavy atom. The lowest BCUT2D eigenvalue weighted by atomic mass is 10.00. The molecule has 3 nitrogen and oxygen atoms in total. The molecule has 166 valence electrons. The van der Waals surface area contributed by atoms with Crippen LogP contribution in [0.15, 0.2) is 121 Å². The van der Waals surface area contributed by atoms with Crippen LogP contribution in [0, 0.1) is 0 Å². The van der Waals surface area contributed by atoms with Crippen LogP contribution in [0.25, 0.3) is 56.1 Å². The lowest BCUT2D eigenvalue weighted by Crippen LogP contribution is -2.00. The number of halogens is 1. The summed E-state index contributed by atoms with van der Waals surface area (Å²) in [5, 5.41) is 3.01. The van der Waals surface area contributed by atoms with E-state index in [1.54, 1.807) is 0 Å². The Bertz CT molecular complexity index is 1590. The highest BCUT2D eigenvalue weighted by Crippen LogP contribution is 2.33. The van der Waals surface area contributed by atoms with Gasteiger partial charge in [0.15, 0.2) is 17.5 Å². The van der Waals surface area contributed by atoms with Crippen LogP contribution in [0.2, 0.25) is 5.02 Å². The van der Waals surface area contributed by atoms with Gasteiger partial charge in [-0.1, -0.05) is 115 Å². The lowest BCUT2D eigenvalue weighted by molar-refractivity contribution is 1.07. The Balaban J connectivity index is 1.46. The third-order valence-electron chi connectivity index (χ3n) is 5.99. The van der Waals surface area contributed by atoms with E-state index in [-0.39, 0.29) is 0 Å². The van der Waals surface area contributed by atoms with E-state index in [2.05, 4.69) is 48.5 Å². The van der Waals surface area contributed by atoms with Crippen molar-refractivity contribution in [1.29, 1.82) is 0 Å². The molecule has 0 aliphatic carbocycles. The fourth-order valence-electron chi connectivity index (χ4n) is 4.17. The van der Waals surface area contributed by atoms with Crippen molar-refractivity contribution in [3.8, 4) is 45.3 Å². The van der Waals surface area contributed by atoms with Crippen molar-refractivity contribution in [2.45, 2.75) is 0 Å². The van der Waals surface area contributed by atoms with Gasteiger partial charge in [-0.2, -0.15) is 0 Å². The molecule has 1 aromatic heterocycles. The van der Waals surface area contributed by atoms with Crippen LogP contribution in [0.1, 0.15) is 0 Å². The molecule has 0 radical (unpaired) electrons. The fourth-order valence-corrected chi connectivity index (χ4v) is 4.44. The molecule has 0 atom stereocenters. The Kier molecular flexibility index (Phi) is 5.53.